The van der Waals surface area contributed by atoms with Crippen LogP contribution in [0.3, 0.4) is 0 Å². The Kier molecular flexibility index (Phi) is 4.05. The summed E-state index contributed by atoms with van der Waals surface area (Å²) in [6.45, 7) is 1.16. The minimum atomic E-state index is -4.44. The normalized spacial score (nSPS) is 11.6. The van der Waals surface area contributed by atoms with E-state index in [9.17, 15) is 13.2 Å². The van der Waals surface area contributed by atoms with Crippen LogP contribution >= 0.6 is 0 Å². The molecule has 1 aromatic rings. The Morgan fingerprint density at radius 1 is 1.31 bits per heavy atom. The zero-order chi connectivity index (χ0) is 12.2. The van der Waals surface area contributed by atoms with Gasteiger partial charge in [0.05, 0.1) is 0 Å². The van der Waals surface area contributed by atoms with Crippen molar-refractivity contribution in [1.29, 1.82) is 0 Å². The summed E-state index contributed by atoms with van der Waals surface area (Å²) in [6.07, 6.45) is -3.69. The number of anilines is 1. The lowest BCUT2D eigenvalue weighted by atomic mass is 10.3. The second kappa shape index (κ2) is 5.11. The molecule has 0 aromatic carbocycles. The summed E-state index contributed by atoms with van der Waals surface area (Å²) < 4.78 is 36.6. The molecule has 0 aliphatic heterocycles. The van der Waals surface area contributed by atoms with E-state index >= 15 is 0 Å². The highest BCUT2D eigenvalue weighted by atomic mass is 19.4. The van der Waals surface area contributed by atoms with Crippen molar-refractivity contribution in [2.45, 2.75) is 12.6 Å². The van der Waals surface area contributed by atoms with Crippen molar-refractivity contribution in [2.24, 2.45) is 5.73 Å². The molecular formula is C9H13F3N4. The van der Waals surface area contributed by atoms with Crippen LogP contribution < -0.4 is 10.6 Å². The van der Waals surface area contributed by atoms with Crippen molar-refractivity contribution in [1.82, 2.24) is 10.2 Å². The first-order chi connectivity index (χ1) is 7.45. The summed E-state index contributed by atoms with van der Waals surface area (Å²) in [4.78, 5) is 1.71. The lowest BCUT2D eigenvalue weighted by molar-refractivity contribution is -0.141. The van der Waals surface area contributed by atoms with E-state index in [-0.39, 0.29) is 0 Å². The van der Waals surface area contributed by atoms with Gasteiger partial charge in [-0.05, 0) is 25.1 Å². The molecule has 0 fully saturated rings. The molecule has 7 heteroatoms. The van der Waals surface area contributed by atoms with Gasteiger partial charge in [-0.15, -0.1) is 10.2 Å². The van der Waals surface area contributed by atoms with Crippen LogP contribution in [0.2, 0.25) is 0 Å². The summed E-state index contributed by atoms with van der Waals surface area (Å²) in [5.74, 6) is 0.404. The zero-order valence-corrected chi connectivity index (χ0v) is 8.83. The predicted molar refractivity (Wildman–Crippen MR) is 54.0 cm³/mol. The molecule has 2 N–H and O–H groups in total. The van der Waals surface area contributed by atoms with Crippen molar-refractivity contribution in [3.63, 3.8) is 0 Å². The first-order valence-corrected chi connectivity index (χ1v) is 4.77. The number of nitrogens with two attached hydrogens (primary N) is 1. The average Bonchev–Trinajstić information content (AvgIpc) is 2.25. The molecule has 0 saturated heterocycles. The molecule has 0 spiro atoms. The summed E-state index contributed by atoms with van der Waals surface area (Å²) >= 11 is 0. The highest BCUT2D eigenvalue weighted by Crippen LogP contribution is 2.27. The minimum absolute atomic E-state index is 0.404. The third kappa shape index (κ3) is 3.34. The Balaban J connectivity index is 2.71. The maximum Gasteiger partial charge on any atom is 0.435 e. The number of hydrogen-bond acceptors (Lipinski definition) is 4. The molecule has 1 heterocycles. The molecule has 90 valence electrons. The van der Waals surface area contributed by atoms with E-state index in [1.165, 1.54) is 6.07 Å². The number of nitrogens with zero attached hydrogens (tertiary/aromatic N) is 3. The standard InChI is InChI=1S/C9H13F3N4/c1-16(6-2-5-13)8-4-3-7(14-15-8)9(10,11)12/h3-4H,2,5-6,13H2,1H3. The number of rotatable bonds is 4. The van der Waals surface area contributed by atoms with Gasteiger partial charge in [-0.1, -0.05) is 0 Å². The predicted octanol–water partition coefficient (Wildman–Crippen LogP) is 1.28. The quantitative estimate of drug-likeness (QED) is 0.852. The number of alkyl halides is 3. The molecule has 0 unspecified atom stereocenters. The van der Waals surface area contributed by atoms with Gasteiger partial charge in [-0.2, -0.15) is 13.2 Å². The fourth-order valence-corrected chi connectivity index (χ4v) is 1.12. The molecule has 0 radical (unpaired) electrons. The van der Waals surface area contributed by atoms with Crippen LogP contribution in [0.15, 0.2) is 12.1 Å². The molecule has 0 atom stereocenters. The van der Waals surface area contributed by atoms with Crippen molar-refractivity contribution >= 4 is 5.82 Å². The molecule has 0 amide bonds. The largest absolute Gasteiger partial charge is 0.435 e. The van der Waals surface area contributed by atoms with Crippen LogP contribution in [0.25, 0.3) is 0 Å². The Morgan fingerprint density at radius 3 is 2.44 bits per heavy atom. The van der Waals surface area contributed by atoms with Gasteiger partial charge in [-0.3, -0.25) is 0 Å². The van der Waals surface area contributed by atoms with E-state index in [4.69, 9.17) is 5.73 Å². The van der Waals surface area contributed by atoms with Crippen LogP contribution in [0.1, 0.15) is 12.1 Å². The van der Waals surface area contributed by atoms with Gasteiger partial charge in [0.25, 0.3) is 0 Å². The summed E-state index contributed by atoms with van der Waals surface area (Å²) in [5.41, 5.74) is 4.34. The lowest BCUT2D eigenvalue weighted by Crippen LogP contribution is -2.22. The highest BCUT2D eigenvalue weighted by molar-refractivity contribution is 5.36. The van der Waals surface area contributed by atoms with Crippen molar-refractivity contribution in [2.75, 3.05) is 25.0 Å². The smallest absolute Gasteiger partial charge is 0.358 e. The van der Waals surface area contributed by atoms with Crippen LogP contribution in [-0.4, -0.2) is 30.3 Å². The topological polar surface area (TPSA) is 55.0 Å². The van der Waals surface area contributed by atoms with E-state index in [1.807, 2.05) is 0 Å². The monoisotopic (exact) mass is 234 g/mol. The van der Waals surface area contributed by atoms with Crippen LogP contribution in [-0.2, 0) is 6.18 Å². The molecule has 4 nitrogen and oxygen atoms in total. The third-order valence-electron chi connectivity index (χ3n) is 2.03. The average molecular weight is 234 g/mol. The van der Waals surface area contributed by atoms with E-state index in [1.54, 1.807) is 11.9 Å². The number of aromatic nitrogens is 2. The molecular weight excluding hydrogens is 221 g/mol. The summed E-state index contributed by atoms with van der Waals surface area (Å²) in [5, 5.41) is 6.64. The maximum atomic E-state index is 12.2. The summed E-state index contributed by atoms with van der Waals surface area (Å²) in [6, 6.07) is 2.22. The number of hydrogen-bond donors (Lipinski definition) is 1. The molecule has 0 aliphatic carbocycles. The first-order valence-electron chi connectivity index (χ1n) is 4.77. The number of halogens is 3. The van der Waals surface area contributed by atoms with Crippen LogP contribution in [0.4, 0.5) is 19.0 Å². The van der Waals surface area contributed by atoms with Gasteiger partial charge in [0.15, 0.2) is 11.5 Å². The second-order valence-corrected chi connectivity index (χ2v) is 3.34. The van der Waals surface area contributed by atoms with E-state index in [0.717, 1.165) is 12.5 Å². The fourth-order valence-electron chi connectivity index (χ4n) is 1.12. The highest BCUT2D eigenvalue weighted by Gasteiger charge is 2.32. The zero-order valence-electron chi connectivity index (χ0n) is 8.83. The first kappa shape index (κ1) is 12.7. The van der Waals surface area contributed by atoms with Crippen LogP contribution in [0.5, 0.6) is 0 Å². The Hall–Kier alpha value is -1.37. The second-order valence-electron chi connectivity index (χ2n) is 3.34. The van der Waals surface area contributed by atoms with Gasteiger partial charge < -0.3 is 10.6 Å². The van der Waals surface area contributed by atoms with Crippen LogP contribution in [0, 0.1) is 0 Å². The fraction of sp³-hybridized carbons (Fsp3) is 0.556. The molecule has 0 aliphatic rings. The van der Waals surface area contributed by atoms with Gasteiger partial charge >= 0.3 is 6.18 Å². The van der Waals surface area contributed by atoms with E-state index < -0.39 is 11.9 Å². The van der Waals surface area contributed by atoms with Gasteiger partial charge in [0.1, 0.15) is 0 Å². The Labute approximate surface area is 91.3 Å². The van der Waals surface area contributed by atoms with Crippen molar-refractivity contribution < 1.29 is 13.2 Å². The van der Waals surface area contributed by atoms with Crippen molar-refractivity contribution in [3.8, 4) is 0 Å². The van der Waals surface area contributed by atoms with Gasteiger partial charge in [0.2, 0.25) is 0 Å². The van der Waals surface area contributed by atoms with Crippen molar-refractivity contribution in [3.05, 3.63) is 17.8 Å². The molecule has 1 rings (SSSR count). The van der Waals surface area contributed by atoms with Gasteiger partial charge in [-0.25, -0.2) is 0 Å². The van der Waals surface area contributed by atoms with E-state index in [2.05, 4.69) is 10.2 Å². The lowest BCUT2D eigenvalue weighted by Gasteiger charge is -2.17. The van der Waals surface area contributed by atoms with E-state index in [0.29, 0.717) is 18.9 Å². The molecule has 1 aromatic heterocycles. The summed E-state index contributed by atoms with van der Waals surface area (Å²) in [7, 11) is 1.73. The Bertz CT molecular complexity index is 323. The maximum absolute atomic E-state index is 12.2. The molecule has 16 heavy (non-hydrogen) atoms. The third-order valence-corrected chi connectivity index (χ3v) is 2.03. The Morgan fingerprint density at radius 2 is 2.00 bits per heavy atom. The van der Waals surface area contributed by atoms with Gasteiger partial charge in [0, 0.05) is 13.6 Å². The SMILES string of the molecule is CN(CCCN)c1ccc(C(F)(F)F)nn1. The molecule has 0 bridgehead atoms. The minimum Gasteiger partial charge on any atom is -0.358 e. The molecule has 0 saturated carbocycles.